The van der Waals surface area contributed by atoms with Crippen molar-refractivity contribution < 1.29 is 19.8 Å². The van der Waals surface area contributed by atoms with E-state index in [1.54, 1.807) is 18.2 Å². The van der Waals surface area contributed by atoms with Gasteiger partial charge in [-0.05, 0) is 19.8 Å². The first-order valence-corrected chi connectivity index (χ1v) is 7.66. The lowest BCUT2D eigenvalue weighted by atomic mass is 10.1. The van der Waals surface area contributed by atoms with Gasteiger partial charge in [0.15, 0.2) is 0 Å². The molecule has 5 nitrogen and oxygen atoms in total. The molecule has 0 fully saturated rings. The van der Waals surface area contributed by atoms with E-state index < -0.39 is 12.1 Å². The van der Waals surface area contributed by atoms with Gasteiger partial charge in [-0.25, -0.2) is 0 Å². The molecule has 0 aromatic carbocycles. The zero-order valence-corrected chi connectivity index (χ0v) is 13.4. The van der Waals surface area contributed by atoms with Gasteiger partial charge in [0, 0.05) is 19.0 Å². The standard InChI is InChI=1S/C17H27NO4/c1-3-4-9-15(19)13-14(2)8-5-6-10-16(20)18-12-7-11-17(21)22/h5-6,8,10,13,15,19H,3-4,7,9,11-12H2,1-2H3,(H,18,20)(H,21,22). The highest BCUT2D eigenvalue weighted by Crippen LogP contribution is 2.05. The summed E-state index contributed by atoms with van der Waals surface area (Å²) >= 11 is 0. The topological polar surface area (TPSA) is 86.6 Å². The Hall–Kier alpha value is -1.88. The second kappa shape index (κ2) is 12.8. The number of carboxylic acids is 1. The summed E-state index contributed by atoms with van der Waals surface area (Å²) < 4.78 is 0. The van der Waals surface area contributed by atoms with Gasteiger partial charge < -0.3 is 15.5 Å². The maximum absolute atomic E-state index is 11.4. The molecule has 0 aliphatic heterocycles. The summed E-state index contributed by atoms with van der Waals surface area (Å²) in [7, 11) is 0. The third-order valence-electron chi connectivity index (χ3n) is 2.89. The van der Waals surface area contributed by atoms with Crippen LogP contribution in [0.3, 0.4) is 0 Å². The SMILES string of the molecule is CCCCC(O)C=C(C)C=CC=CC(=O)NCCCC(=O)O. The fourth-order valence-corrected chi connectivity index (χ4v) is 1.72. The van der Waals surface area contributed by atoms with Crippen LogP contribution in [0.1, 0.15) is 46.0 Å². The fraction of sp³-hybridized carbons (Fsp3) is 0.529. The van der Waals surface area contributed by atoms with Gasteiger partial charge in [-0.3, -0.25) is 9.59 Å². The Bertz CT molecular complexity index is 424. The monoisotopic (exact) mass is 309 g/mol. The minimum atomic E-state index is -0.865. The van der Waals surface area contributed by atoms with E-state index in [4.69, 9.17) is 5.11 Å². The van der Waals surface area contributed by atoms with Gasteiger partial charge in [-0.15, -0.1) is 0 Å². The first kappa shape index (κ1) is 20.1. The highest BCUT2D eigenvalue weighted by molar-refractivity contribution is 5.87. The van der Waals surface area contributed by atoms with E-state index in [9.17, 15) is 14.7 Å². The Balaban J connectivity index is 4.00. The molecule has 1 amide bonds. The number of hydrogen-bond donors (Lipinski definition) is 3. The van der Waals surface area contributed by atoms with Gasteiger partial charge in [0.1, 0.15) is 0 Å². The van der Waals surface area contributed by atoms with Crippen LogP contribution < -0.4 is 5.32 Å². The molecule has 0 saturated heterocycles. The minimum Gasteiger partial charge on any atom is -0.481 e. The molecule has 0 spiro atoms. The molecular weight excluding hydrogens is 282 g/mol. The summed E-state index contributed by atoms with van der Waals surface area (Å²) in [6.45, 7) is 4.33. The molecule has 0 radical (unpaired) electrons. The molecule has 124 valence electrons. The number of unbranched alkanes of at least 4 members (excludes halogenated alkanes) is 1. The summed E-state index contributed by atoms with van der Waals surface area (Å²) in [4.78, 5) is 21.7. The Morgan fingerprint density at radius 3 is 2.50 bits per heavy atom. The zero-order valence-electron chi connectivity index (χ0n) is 13.4. The fourth-order valence-electron chi connectivity index (χ4n) is 1.72. The van der Waals surface area contributed by atoms with Crippen LogP contribution >= 0.6 is 0 Å². The number of rotatable bonds is 11. The molecular formula is C17H27NO4. The number of amides is 1. The van der Waals surface area contributed by atoms with Gasteiger partial charge in [0.25, 0.3) is 0 Å². The first-order valence-electron chi connectivity index (χ1n) is 7.66. The van der Waals surface area contributed by atoms with Crippen molar-refractivity contribution >= 4 is 11.9 Å². The molecule has 0 bridgehead atoms. The predicted molar refractivity (Wildman–Crippen MR) is 87.4 cm³/mol. The van der Waals surface area contributed by atoms with Gasteiger partial charge in [-0.1, -0.05) is 49.6 Å². The van der Waals surface area contributed by atoms with Gasteiger partial charge in [0.05, 0.1) is 6.10 Å². The van der Waals surface area contributed by atoms with E-state index in [1.807, 2.05) is 13.0 Å². The normalized spacial score (nSPS) is 13.7. The molecule has 5 heteroatoms. The van der Waals surface area contributed by atoms with Crippen LogP contribution in [0.2, 0.25) is 0 Å². The van der Waals surface area contributed by atoms with Crippen molar-refractivity contribution in [2.24, 2.45) is 0 Å². The second-order valence-corrected chi connectivity index (χ2v) is 5.13. The maximum atomic E-state index is 11.4. The van der Waals surface area contributed by atoms with E-state index in [1.165, 1.54) is 6.08 Å². The summed E-state index contributed by atoms with van der Waals surface area (Å²) in [5, 5.41) is 20.8. The van der Waals surface area contributed by atoms with Crippen LogP contribution in [-0.2, 0) is 9.59 Å². The Morgan fingerprint density at radius 2 is 1.86 bits per heavy atom. The molecule has 1 atom stereocenters. The summed E-state index contributed by atoms with van der Waals surface area (Å²) in [5.74, 6) is -1.12. The van der Waals surface area contributed by atoms with Crippen molar-refractivity contribution in [3.63, 3.8) is 0 Å². The lowest BCUT2D eigenvalue weighted by Crippen LogP contribution is -2.22. The Kier molecular flexibility index (Phi) is 11.7. The van der Waals surface area contributed by atoms with E-state index >= 15 is 0 Å². The molecule has 0 saturated carbocycles. The third-order valence-corrected chi connectivity index (χ3v) is 2.89. The number of aliphatic hydroxyl groups excluding tert-OH is 1. The van der Waals surface area contributed by atoms with Crippen molar-refractivity contribution in [1.29, 1.82) is 0 Å². The number of nitrogens with one attached hydrogen (secondary N) is 1. The van der Waals surface area contributed by atoms with Crippen molar-refractivity contribution in [2.45, 2.75) is 52.1 Å². The van der Waals surface area contributed by atoms with Crippen molar-refractivity contribution in [1.82, 2.24) is 5.32 Å². The lowest BCUT2D eigenvalue weighted by molar-refractivity contribution is -0.137. The van der Waals surface area contributed by atoms with Crippen LogP contribution in [0.4, 0.5) is 0 Å². The highest BCUT2D eigenvalue weighted by atomic mass is 16.4. The predicted octanol–water partition coefficient (Wildman–Crippen LogP) is 2.58. The van der Waals surface area contributed by atoms with E-state index in [0.29, 0.717) is 13.0 Å². The second-order valence-electron chi connectivity index (χ2n) is 5.13. The molecule has 0 rings (SSSR count). The number of carbonyl (C=O) groups is 2. The Labute approximate surface area is 132 Å². The molecule has 1 unspecified atom stereocenters. The van der Waals surface area contributed by atoms with Crippen molar-refractivity contribution in [3.8, 4) is 0 Å². The number of carboxylic acid groups (broad SMARTS) is 1. The van der Waals surface area contributed by atoms with Crippen LogP contribution in [0, 0.1) is 0 Å². The molecule has 0 aromatic heterocycles. The van der Waals surface area contributed by atoms with Crippen molar-refractivity contribution in [2.75, 3.05) is 6.54 Å². The van der Waals surface area contributed by atoms with Gasteiger partial charge >= 0.3 is 5.97 Å². The summed E-state index contributed by atoms with van der Waals surface area (Å²) in [6.07, 6.45) is 11.2. The molecule has 22 heavy (non-hydrogen) atoms. The Morgan fingerprint density at radius 1 is 1.18 bits per heavy atom. The number of aliphatic carboxylic acids is 1. The number of carbonyl (C=O) groups excluding carboxylic acids is 1. The van der Waals surface area contributed by atoms with Crippen LogP contribution in [0.15, 0.2) is 36.0 Å². The van der Waals surface area contributed by atoms with Crippen LogP contribution in [0.25, 0.3) is 0 Å². The zero-order chi connectivity index (χ0) is 16.8. The smallest absolute Gasteiger partial charge is 0.303 e. The molecule has 0 aliphatic carbocycles. The van der Waals surface area contributed by atoms with Crippen molar-refractivity contribution in [3.05, 3.63) is 36.0 Å². The third kappa shape index (κ3) is 13.1. The van der Waals surface area contributed by atoms with E-state index in [-0.39, 0.29) is 12.3 Å². The van der Waals surface area contributed by atoms with Gasteiger partial charge in [-0.2, -0.15) is 0 Å². The minimum absolute atomic E-state index is 0.0498. The van der Waals surface area contributed by atoms with Gasteiger partial charge in [0.2, 0.25) is 5.91 Å². The van der Waals surface area contributed by atoms with Crippen LogP contribution in [-0.4, -0.2) is 34.7 Å². The highest BCUT2D eigenvalue weighted by Gasteiger charge is 1.99. The number of allylic oxidation sites excluding steroid dienone is 4. The first-order chi connectivity index (χ1) is 10.5. The largest absolute Gasteiger partial charge is 0.481 e. The number of hydrogen-bond acceptors (Lipinski definition) is 3. The molecule has 0 heterocycles. The quantitative estimate of drug-likeness (QED) is 0.311. The van der Waals surface area contributed by atoms with Crippen LogP contribution in [0.5, 0.6) is 0 Å². The van der Waals surface area contributed by atoms with E-state index in [0.717, 1.165) is 24.8 Å². The maximum Gasteiger partial charge on any atom is 0.303 e. The average molecular weight is 309 g/mol. The van der Waals surface area contributed by atoms with E-state index in [2.05, 4.69) is 12.2 Å². The average Bonchev–Trinajstić information content (AvgIpc) is 2.45. The molecule has 0 aliphatic rings. The number of aliphatic hydroxyl groups is 1. The summed E-state index contributed by atoms with van der Waals surface area (Å²) in [5.41, 5.74) is 0.940. The summed E-state index contributed by atoms with van der Waals surface area (Å²) in [6, 6.07) is 0. The lowest BCUT2D eigenvalue weighted by Gasteiger charge is -2.04. The molecule has 0 aromatic rings. The molecule has 3 N–H and O–H groups in total.